The number of carbonyl (C=O) groups is 2. The van der Waals surface area contributed by atoms with Gasteiger partial charge in [-0.15, -0.1) is 0 Å². The molecule has 0 unspecified atom stereocenters. The molecule has 0 spiro atoms. The van der Waals surface area contributed by atoms with Crippen molar-refractivity contribution in [2.75, 3.05) is 25.0 Å². The highest BCUT2D eigenvalue weighted by Gasteiger charge is 2.08. The number of rotatable bonds is 8. The van der Waals surface area contributed by atoms with E-state index in [0.717, 1.165) is 18.7 Å². The van der Waals surface area contributed by atoms with E-state index in [9.17, 15) is 9.59 Å². The van der Waals surface area contributed by atoms with Gasteiger partial charge in [0.1, 0.15) is 5.69 Å². The Morgan fingerprint density at radius 3 is 2.70 bits per heavy atom. The first kappa shape index (κ1) is 15.9. The van der Waals surface area contributed by atoms with E-state index in [1.54, 1.807) is 12.3 Å². The van der Waals surface area contributed by atoms with Crippen LogP contribution >= 0.6 is 0 Å². The van der Waals surface area contributed by atoms with Gasteiger partial charge in [0.15, 0.2) is 0 Å². The van der Waals surface area contributed by atoms with Gasteiger partial charge in [0, 0.05) is 37.9 Å². The molecule has 1 heterocycles. The van der Waals surface area contributed by atoms with Crippen molar-refractivity contribution in [3.63, 3.8) is 0 Å². The summed E-state index contributed by atoms with van der Waals surface area (Å²) in [6, 6.07) is 3.53. The number of hydrogen-bond donors (Lipinski definition) is 3. The first-order valence-corrected chi connectivity index (χ1v) is 6.92. The van der Waals surface area contributed by atoms with Crippen molar-refractivity contribution in [3.8, 4) is 0 Å². The average Bonchev–Trinajstić information content (AvgIpc) is 2.45. The molecular weight excluding hydrogens is 256 g/mol. The van der Waals surface area contributed by atoms with Crippen molar-refractivity contribution < 1.29 is 9.59 Å². The third kappa shape index (κ3) is 5.69. The Kier molecular flexibility index (Phi) is 7.10. The van der Waals surface area contributed by atoms with Crippen molar-refractivity contribution in [1.29, 1.82) is 0 Å². The van der Waals surface area contributed by atoms with Crippen LogP contribution in [0.15, 0.2) is 18.3 Å². The monoisotopic (exact) mass is 278 g/mol. The quantitative estimate of drug-likeness (QED) is 0.666. The van der Waals surface area contributed by atoms with Gasteiger partial charge in [0.2, 0.25) is 5.91 Å². The minimum absolute atomic E-state index is 0.0703. The third-order valence-electron chi connectivity index (χ3n) is 2.58. The number of nitrogens with zero attached hydrogens (tertiary/aromatic N) is 1. The molecule has 1 aromatic rings. The summed E-state index contributed by atoms with van der Waals surface area (Å²) in [5, 5.41) is 8.55. The second kappa shape index (κ2) is 8.90. The van der Waals surface area contributed by atoms with E-state index >= 15 is 0 Å². The molecule has 110 valence electrons. The summed E-state index contributed by atoms with van der Waals surface area (Å²) < 4.78 is 0. The topological polar surface area (TPSA) is 83.1 Å². The lowest BCUT2D eigenvalue weighted by atomic mass is 10.3. The average molecular weight is 278 g/mol. The zero-order valence-electron chi connectivity index (χ0n) is 12.0. The van der Waals surface area contributed by atoms with E-state index in [0.29, 0.717) is 18.8 Å². The van der Waals surface area contributed by atoms with Gasteiger partial charge in [-0.3, -0.25) is 14.6 Å². The molecule has 0 saturated carbocycles. The van der Waals surface area contributed by atoms with Crippen molar-refractivity contribution in [2.45, 2.75) is 26.7 Å². The second-order valence-electron chi connectivity index (χ2n) is 4.32. The van der Waals surface area contributed by atoms with Crippen molar-refractivity contribution >= 4 is 17.5 Å². The van der Waals surface area contributed by atoms with Crippen LogP contribution in [0.25, 0.3) is 0 Å². The lowest BCUT2D eigenvalue weighted by Gasteiger charge is -2.07. The van der Waals surface area contributed by atoms with E-state index in [2.05, 4.69) is 27.9 Å². The molecule has 0 radical (unpaired) electrons. The van der Waals surface area contributed by atoms with Crippen LogP contribution in [0.3, 0.4) is 0 Å². The molecule has 2 amide bonds. The Labute approximate surface area is 119 Å². The number of hydrogen-bond acceptors (Lipinski definition) is 4. The number of anilines is 1. The van der Waals surface area contributed by atoms with Gasteiger partial charge in [0.05, 0.1) is 0 Å². The Morgan fingerprint density at radius 2 is 2.00 bits per heavy atom. The maximum atomic E-state index is 11.9. The van der Waals surface area contributed by atoms with Gasteiger partial charge in [-0.25, -0.2) is 0 Å². The zero-order valence-corrected chi connectivity index (χ0v) is 12.0. The van der Waals surface area contributed by atoms with E-state index in [1.807, 2.05) is 13.0 Å². The molecule has 0 bridgehead atoms. The van der Waals surface area contributed by atoms with Crippen molar-refractivity contribution in [2.24, 2.45) is 0 Å². The molecule has 0 aliphatic carbocycles. The first-order chi connectivity index (χ1) is 9.67. The SMILES string of the molecule is CCCNc1ccnc(C(=O)NCCC(=O)NCC)c1. The fourth-order valence-electron chi connectivity index (χ4n) is 1.60. The molecule has 0 aromatic carbocycles. The number of amides is 2. The molecule has 3 N–H and O–H groups in total. The third-order valence-corrected chi connectivity index (χ3v) is 2.58. The highest BCUT2D eigenvalue weighted by molar-refractivity contribution is 5.93. The van der Waals surface area contributed by atoms with Gasteiger partial charge >= 0.3 is 0 Å². The lowest BCUT2D eigenvalue weighted by Crippen LogP contribution is -2.31. The van der Waals surface area contributed by atoms with E-state index in [4.69, 9.17) is 0 Å². The number of pyridine rings is 1. The van der Waals surface area contributed by atoms with Crippen molar-refractivity contribution in [3.05, 3.63) is 24.0 Å². The van der Waals surface area contributed by atoms with Crippen molar-refractivity contribution in [1.82, 2.24) is 15.6 Å². The van der Waals surface area contributed by atoms with E-state index in [-0.39, 0.29) is 18.2 Å². The summed E-state index contributed by atoms with van der Waals surface area (Å²) in [7, 11) is 0. The first-order valence-electron chi connectivity index (χ1n) is 6.92. The smallest absolute Gasteiger partial charge is 0.269 e. The van der Waals surface area contributed by atoms with Crippen LogP contribution in [0.1, 0.15) is 37.2 Å². The Hall–Kier alpha value is -2.11. The fraction of sp³-hybridized carbons (Fsp3) is 0.500. The second-order valence-corrected chi connectivity index (χ2v) is 4.32. The summed E-state index contributed by atoms with van der Waals surface area (Å²) in [5.74, 6) is -0.339. The van der Waals surface area contributed by atoms with Gasteiger partial charge in [-0.2, -0.15) is 0 Å². The van der Waals surface area contributed by atoms with Gasteiger partial charge < -0.3 is 16.0 Å². The van der Waals surface area contributed by atoms with E-state index < -0.39 is 0 Å². The maximum Gasteiger partial charge on any atom is 0.269 e. The molecule has 0 atom stereocenters. The van der Waals surface area contributed by atoms with Crippen LogP contribution in [0.5, 0.6) is 0 Å². The molecule has 20 heavy (non-hydrogen) atoms. The summed E-state index contributed by atoms with van der Waals surface area (Å²) in [4.78, 5) is 27.2. The van der Waals surface area contributed by atoms with Crippen LogP contribution in [-0.4, -0.2) is 36.4 Å². The van der Waals surface area contributed by atoms with Crippen LogP contribution in [0.2, 0.25) is 0 Å². The Bertz CT molecular complexity index is 449. The van der Waals surface area contributed by atoms with Crippen LogP contribution < -0.4 is 16.0 Å². The molecule has 0 aliphatic rings. The lowest BCUT2D eigenvalue weighted by molar-refractivity contribution is -0.120. The molecule has 1 aromatic heterocycles. The molecule has 6 nitrogen and oxygen atoms in total. The van der Waals surface area contributed by atoms with Gasteiger partial charge in [0.25, 0.3) is 5.91 Å². The number of carbonyl (C=O) groups excluding carboxylic acids is 2. The fourth-order valence-corrected chi connectivity index (χ4v) is 1.60. The minimum atomic E-state index is -0.269. The van der Waals surface area contributed by atoms with Gasteiger partial charge in [-0.05, 0) is 25.5 Å². The molecule has 0 aliphatic heterocycles. The zero-order chi connectivity index (χ0) is 14.8. The predicted molar refractivity (Wildman–Crippen MR) is 78.7 cm³/mol. The van der Waals surface area contributed by atoms with Gasteiger partial charge in [-0.1, -0.05) is 6.92 Å². The summed E-state index contributed by atoms with van der Waals surface area (Å²) >= 11 is 0. The number of aromatic nitrogens is 1. The highest BCUT2D eigenvalue weighted by atomic mass is 16.2. The molecule has 0 saturated heterocycles. The molecule has 6 heteroatoms. The molecular formula is C14H22N4O2. The van der Waals surface area contributed by atoms with Crippen LogP contribution in [0.4, 0.5) is 5.69 Å². The summed E-state index contributed by atoms with van der Waals surface area (Å²) in [5.41, 5.74) is 1.22. The van der Waals surface area contributed by atoms with E-state index in [1.165, 1.54) is 0 Å². The molecule has 0 fully saturated rings. The summed E-state index contributed by atoms with van der Waals surface area (Å²) in [6.07, 6.45) is 2.88. The largest absolute Gasteiger partial charge is 0.385 e. The summed E-state index contributed by atoms with van der Waals surface area (Å²) in [6.45, 7) is 5.68. The number of nitrogens with one attached hydrogen (secondary N) is 3. The Morgan fingerprint density at radius 1 is 1.20 bits per heavy atom. The Balaban J connectivity index is 2.44. The minimum Gasteiger partial charge on any atom is -0.385 e. The normalized spacial score (nSPS) is 9.90. The van der Waals surface area contributed by atoms with Crippen LogP contribution in [-0.2, 0) is 4.79 Å². The maximum absolute atomic E-state index is 11.9. The standard InChI is InChI=1S/C14H22N4O2/c1-3-7-16-11-5-8-17-12(10-11)14(20)18-9-6-13(19)15-4-2/h5,8,10H,3-4,6-7,9H2,1-2H3,(H,15,19)(H,16,17)(H,18,20). The van der Waals surface area contributed by atoms with Crippen LogP contribution in [0, 0.1) is 0 Å². The highest BCUT2D eigenvalue weighted by Crippen LogP contribution is 2.07. The predicted octanol–water partition coefficient (Wildman–Crippen LogP) is 1.16. The molecule has 1 rings (SSSR count).